The molecule has 2 nitrogen and oxygen atoms in total. The number of benzene rings is 1. The second-order valence-corrected chi connectivity index (χ2v) is 4.64. The summed E-state index contributed by atoms with van der Waals surface area (Å²) >= 11 is 11.9. The largest absolute Gasteiger partial charge is 0.334 e. The van der Waals surface area contributed by atoms with Gasteiger partial charge in [0.25, 0.3) is 5.91 Å². The first kappa shape index (κ1) is 11.7. The van der Waals surface area contributed by atoms with Crippen molar-refractivity contribution in [1.82, 2.24) is 4.90 Å². The van der Waals surface area contributed by atoms with Gasteiger partial charge in [0.05, 0.1) is 10.6 Å². The molecule has 1 heterocycles. The molecule has 1 atom stereocenters. The summed E-state index contributed by atoms with van der Waals surface area (Å²) in [6.07, 6.45) is 2.01. The summed E-state index contributed by atoms with van der Waals surface area (Å²) in [7, 11) is 0. The standard InChI is InChI=1S/C12H13Cl2NO/c13-8-9-4-3-7-15(9)12(16)10-5-1-2-6-11(10)14/h1-2,5-6,9H,3-4,7-8H2/t9-/m0/s1. The van der Waals surface area contributed by atoms with Crippen molar-refractivity contribution >= 4 is 29.1 Å². The summed E-state index contributed by atoms with van der Waals surface area (Å²) in [6.45, 7) is 0.779. The fraction of sp³-hybridized carbons (Fsp3) is 0.417. The topological polar surface area (TPSA) is 20.3 Å². The molecular weight excluding hydrogens is 245 g/mol. The van der Waals surface area contributed by atoms with Gasteiger partial charge < -0.3 is 4.90 Å². The van der Waals surface area contributed by atoms with Crippen molar-refractivity contribution < 1.29 is 4.79 Å². The Morgan fingerprint density at radius 1 is 1.44 bits per heavy atom. The SMILES string of the molecule is O=C(c1ccccc1Cl)N1CCC[C@H]1CCl. The van der Waals surface area contributed by atoms with Gasteiger partial charge in [0, 0.05) is 18.5 Å². The molecule has 0 N–H and O–H groups in total. The normalized spacial score (nSPS) is 20.1. The number of likely N-dealkylation sites (tertiary alicyclic amines) is 1. The van der Waals surface area contributed by atoms with E-state index in [0.29, 0.717) is 16.5 Å². The van der Waals surface area contributed by atoms with E-state index in [-0.39, 0.29) is 11.9 Å². The smallest absolute Gasteiger partial charge is 0.255 e. The molecule has 1 aliphatic rings. The molecule has 1 fully saturated rings. The molecule has 1 amide bonds. The van der Waals surface area contributed by atoms with E-state index in [1.807, 2.05) is 17.0 Å². The molecule has 1 saturated heterocycles. The lowest BCUT2D eigenvalue weighted by atomic mass is 10.2. The third-order valence-electron chi connectivity index (χ3n) is 2.92. The first-order valence-electron chi connectivity index (χ1n) is 5.35. The summed E-state index contributed by atoms with van der Waals surface area (Å²) < 4.78 is 0. The number of carbonyl (C=O) groups excluding carboxylic acids is 1. The van der Waals surface area contributed by atoms with Gasteiger partial charge in [0.1, 0.15) is 0 Å². The van der Waals surface area contributed by atoms with E-state index in [0.717, 1.165) is 19.4 Å². The highest BCUT2D eigenvalue weighted by Gasteiger charge is 2.29. The lowest BCUT2D eigenvalue weighted by Crippen LogP contribution is -2.36. The Morgan fingerprint density at radius 3 is 2.88 bits per heavy atom. The first-order chi connectivity index (χ1) is 7.74. The van der Waals surface area contributed by atoms with Gasteiger partial charge in [-0.3, -0.25) is 4.79 Å². The summed E-state index contributed by atoms with van der Waals surface area (Å²) in [5, 5.41) is 0.507. The van der Waals surface area contributed by atoms with Crippen LogP contribution in [0.25, 0.3) is 0 Å². The van der Waals surface area contributed by atoms with E-state index >= 15 is 0 Å². The van der Waals surface area contributed by atoms with E-state index in [1.165, 1.54) is 0 Å². The molecule has 86 valence electrons. The van der Waals surface area contributed by atoms with Crippen molar-refractivity contribution in [3.63, 3.8) is 0 Å². The van der Waals surface area contributed by atoms with Gasteiger partial charge in [-0.2, -0.15) is 0 Å². The van der Waals surface area contributed by atoms with Crippen LogP contribution < -0.4 is 0 Å². The molecule has 0 unspecified atom stereocenters. The van der Waals surface area contributed by atoms with Crippen LogP contribution in [0.1, 0.15) is 23.2 Å². The number of rotatable bonds is 2. The monoisotopic (exact) mass is 257 g/mol. The van der Waals surface area contributed by atoms with Crippen molar-refractivity contribution in [3.05, 3.63) is 34.9 Å². The van der Waals surface area contributed by atoms with Crippen molar-refractivity contribution in [2.45, 2.75) is 18.9 Å². The molecule has 2 rings (SSSR count). The van der Waals surface area contributed by atoms with Crippen molar-refractivity contribution in [2.75, 3.05) is 12.4 Å². The number of carbonyl (C=O) groups is 1. The average molecular weight is 258 g/mol. The highest BCUT2D eigenvalue weighted by Crippen LogP contribution is 2.24. The third-order valence-corrected chi connectivity index (χ3v) is 3.61. The molecule has 4 heteroatoms. The van der Waals surface area contributed by atoms with Crippen molar-refractivity contribution in [1.29, 1.82) is 0 Å². The molecule has 16 heavy (non-hydrogen) atoms. The van der Waals surface area contributed by atoms with Gasteiger partial charge in [-0.05, 0) is 25.0 Å². The zero-order valence-electron chi connectivity index (χ0n) is 8.83. The Morgan fingerprint density at radius 2 is 2.19 bits per heavy atom. The number of hydrogen-bond donors (Lipinski definition) is 0. The predicted octanol–water partition coefficient (Wildman–Crippen LogP) is 3.18. The van der Waals surface area contributed by atoms with Crippen LogP contribution in [0.5, 0.6) is 0 Å². The third kappa shape index (κ3) is 2.18. The lowest BCUT2D eigenvalue weighted by molar-refractivity contribution is 0.0749. The van der Waals surface area contributed by atoms with E-state index in [4.69, 9.17) is 23.2 Å². The molecule has 0 bridgehead atoms. The molecule has 0 radical (unpaired) electrons. The van der Waals surface area contributed by atoms with Gasteiger partial charge in [0.2, 0.25) is 0 Å². The van der Waals surface area contributed by atoms with Crippen LogP contribution in [0.4, 0.5) is 0 Å². The summed E-state index contributed by atoms with van der Waals surface area (Å²) in [6, 6.07) is 7.30. The van der Waals surface area contributed by atoms with Gasteiger partial charge in [-0.1, -0.05) is 23.7 Å². The maximum atomic E-state index is 12.2. The lowest BCUT2D eigenvalue weighted by Gasteiger charge is -2.23. The predicted molar refractivity (Wildman–Crippen MR) is 66.2 cm³/mol. The minimum absolute atomic E-state index is 0.00579. The second kappa shape index (κ2) is 5.07. The Labute approximate surface area is 105 Å². The summed E-state index contributed by atoms with van der Waals surface area (Å²) in [5.74, 6) is 0.490. The number of amides is 1. The summed E-state index contributed by atoms with van der Waals surface area (Å²) in [4.78, 5) is 14.0. The molecule has 1 aliphatic heterocycles. The molecule has 0 aromatic heterocycles. The molecule has 0 spiro atoms. The Hall–Kier alpha value is -0.730. The molecule has 1 aromatic carbocycles. The Balaban J connectivity index is 2.22. The molecule has 0 aliphatic carbocycles. The average Bonchev–Trinajstić information content (AvgIpc) is 2.77. The maximum absolute atomic E-state index is 12.2. The van der Waals surface area contributed by atoms with Crippen LogP contribution in [-0.2, 0) is 0 Å². The van der Waals surface area contributed by atoms with Gasteiger partial charge >= 0.3 is 0 Å². The number of alkyl halides is 1. The van der Waals surface area contributed by atoms with E-state index in [9.17, 15) is 4.79 Å². The van der Waals surface area contributed by atoms with E-state index < -0.39 is 0 Å². The maximum Gasteiger partial charge on any atom is 0.255 e. The number of halogens is 2. The van der Waals surface area contributed by atoms with E-state index in [1.54, 1.807) is 12.1 Å². The number of nitrogens with zero attached hydrogens (tertiary/aromatic N) is 1. The highest BCUT2D eigenvalue weighted by molar-refractivity contribution is 6.33. The van der Waals surface area contributed by atoms with Crippen LogP contribution in [0.15, 0.2) is 24.3 Å². The van der Waals surface area contributed by atoms with Crippen LogP contribution in [0.2, 0.25) is 5.02 Å². The Bertz CT molecular complexity index is 394. The van der Waals surface area contributed by atoms with Gasteiger partial charge in [-0.25, -0.2) is 0 Å². The fourth-order valence-corrected chi connectivity index (χ4v) is 2.59. The quantitative estimate of drug-likeness (QED) is 0.746. The Kier molecular flexibility index (Phi) is 3.72. The summed E-state index contributed by atoms with van der Waals surface area (Å²) in [5.41, 5.74) is 0.571. The van der Waals surface area contributed by atoms with Crippen LogP contribution in [-0.4, -0.2) is 29.3 Å². The first-order valence-corrected chi connectivity index (χ1v) is 6.26. The second-order valence-electron chi connectivity index (χ2n) is 3.93. The van der Waals surface area contributed by atoms with Gasteiger partial charge in [0.15, 0.2) is 0 Å². The van der Waals surface area contributed by atoms with Crippen molar-refractivity contribution in [3.8, 4) is 0 Å². The molecule has 1 aromatic rings. The molecular formula is C12H13Cl2NO. The highest BCUT2D eigenvalue weighted by atomic mass is 35.5. The minimum Gasteiger partial charge on any atom is -0.334 e. The van der Waals surface area contributed by atoms with Crippen LogP contribution in [0, 0.1) is 0 Å². The van der Waals surface area contributed by atoms with Crippen LogP contribution in [0.3, 0.4) is 0 Å². The fourth-order valence-electron chi connectivity index (χ4n) is 2.05. The minimum atomic E-state index is -0.00579. The zero-order valence-corrected chi connectivity index (χ0v) is 10.3. The van der Waals surface area contributed by atoms with E-state index in [2.05, 4.69) is 0 Å². The zero-order chi connectivity index (χ0) is 11.5. The van der Waals surface area contributed by atoms with Crippen molar-refractivity contribution in [2.24, 2.45) is 0 Å². The van der Waals surface area contributed by atoms with Crippen LogP contribution >= 0.6 is 23.2 Å². The molecule has 0 saturated carbocycles. The number of hydrogen-bond acceptors (Lipinski definition) is 1. The van der Waals surface area contributed by atoms with Gasteiger partial charge in [-0.15, -0.1) is 11.6 Å².